The van der Waals surface area contributed by atoms with Gasteiger partial charge in [0.15, 0.2) is 11.5 Å². The van der Waals surface area contributed by atoms with Crippen molar-refractivity contribution in [1.29, 1.82) is 5.26 Å². The van der Waals surface area contributed by atoms with Gasteiger partial charge in [0.2, 0.25) is 0 Å². The number of hydrogen-bond acceptors (Lipinski definition) is 4. The van der Waals surface area contributed by atoms with Gasteiger partial charge in [-0.25, -0.2) is 0 Å². The molecule has 6 heteroatoms. The lowest BCUT2D eigenvalue weighted by molar-refractivity contribution is 0.325. The SMILES string of the molecule is CNc1ccc(Oc2cc(Cl)cc(C=CC#N)c2)c(OCCBr)c1. The molecule has 0 saturated carbocycles. The summed E-state index contributed by atoms with van der Waals surface area (Å²) in [5.74, 6) is 1.80. The van der Waals surface area contributed by atoms with Crippen LogP contribution in [-0.4, -0.2) is 19.0 Å². The molecule has 24 heavy (non-hydrogen) atoms. The highest BCUT2D eigenvalue weighted by Gasteiger charge is 2.09. The number of alkyl halides is 1. The highest BCUT2D eigenvalue weighted by atomic mass is 79.9. The number of nitrogens with one attached hydrogen (secondary N) is 1. The summed E-state index contributed by atoms with van der Waals surface area (Å²) in [6.45, 7) is 0.523. The van der Waals surface area contributed by atoms with Crippen molar-refractivity contribution in [1.82, 2.24) is 0 Å². The predicted octanol–water partition coefficient (Wildman–Crippen LogP) is 5.48. The van der Waals surface area contributed by atoms with E-state index in [1.807, 2.05) is 31.3 Å². The van der Waals surface area contributed by atoms with Gasteiger partial charge in [-0.2, -0.15) is 5.26 Å². The zero-order valence-electron chi connectivity index (χ0n) is 13.1. The molecule has 1 N–H and O–H groups in total. The molecule has 0 fully saturated rings. The third-order valence-corrected chi connectivity index (χ3v) is 3.58. The van der Waals surface area contributed by atoms with Crippen LogP contribution in [0.15, 0.2) is 42.5 Å². The van der Waals surface area contributed by atoms with E-state index < -0.39 is 0 Å². The van der Waals surface area contributed by atoms with Gasteiger partial charge in [-0.1, -0.05) is 27.5 Å². The first-order valence-corrected chi connectivity index (χ1v) is 8.71. The van der Waals surface area contributed by atoms with Crippen LogP contribution in [0, 0.1) is 11.3 Å². The van der Waals surface area contributed by atoms with E-state index in [0.717, 1.165) is 16.6 Å². The Hall–Kier alpha value is -2.16. The zero-order valence-corrected chi connectivity index (χ0v) is 15.4. The molecule has 2 aromatic rings. The molecule has 124 valence electrons. The van der Waals surface area contributed by atoms with Gasteiger partial charge in [0, 0.05) is 35.2 Å². The van der Waals surface area contributed by atoms with Gasteiger partial charge in [-0.05, 0) is 42.0 Å². The Labute approximate surface area is 154 Å². The summed E-state index contributed by atoms with van der Waals surface area (Å²) in [5, 5.41) is 13.0. The quantitative estimate of drug-likeness (QED) is 0.487. The maximum absolute atomic E-state index is 8.64. The monoisotopic (exact) mass is 406 g/mol. The fourth-order valence-electron chi connectivity index (χ4n) is 2.01. The van der Waals surface area contributed by atoms with Crippen molar-refractivity contribution in [2.75, 3.05) is 24.3 Å². The van der Waals surface area contributed by atoms with Crippen molar-refractivity contribution >= 4 is 39.3 Å². The van der Waals surface area contributed by atoms with Gasteiger partial charge in [0.1, 0.15) is 5.75 Å². The minimum atomic E-state index is 0.523. The van der Waals surface area contributed by atoms with Crippen LogP contribution < -0.4 is 14.8 Å². The van der Waals surface area contributed by atoms with E-state index in [0.29, 0.717) is 28.9 Å². The van der Waals surface area contributed by atoms with Crippen molar-refractivity contribution in [2.45, 2.75) is 0 Å². The standard InChI is InChI=1S/C18H16BrClN2O2/c1-22-15-4-5-17(18(12-15)23-8-6-19)24-16-10-13(3-2-7-21)9-14(20)11-16/h2-5,9-12,22H,6,8H2,1H3. The van der Waals surface area contributed by atoms with Gasteiger partial charge in [-0.3, -0.25) is 0 Å². The molecule has 0 aliphatic heterocycles. The summed E-state index contributed by atoms with van der Waals surface area (Å²) in [7, 11) is 1.84. The van der Waals surface area contributed by atoms with Gasteiger partial charge in [-0.15, -0.1) is 0 Å². The third-order valence-electron chi connectivity index (χ3n) is 3.04. The summed E-state index contributed by atoms with van der Waals surface area (Å²) in [6.07, 6.45) is 3.06. The number of nitrogens with zero attached hydrogens (tertiary/aromatic N) is 1. The number of nitriles is 1. The third kappa shape index (κ3) is 5.19. The summed E-state index contributed by atoms with van der Waals surface area (Å²) < 4.78 is 11.7. The molecule has 2 aromatic carbocycles. The minimum absolute atomic E-state index is 0.523. The molecule has 0 aliphatic rings. The average Bonchev–Trinajstić information content (AvgIpc) is 2.58. The fourth-order valence-corrected chi connectivity index (χ4v) is 2.40. The van der Waals surface area contributed by atoms with Crippen molar-refractivity contribution < 1.29 is 9.47 Å². The van der Waals surface area contributed by atoms with Gasteiger partial charge in [0.05, 0.1) is 12.7 Å². The number of benzene rings is 2. The lowest BCUT2D eigenvalue weighted by Crippen LogP contribution is -2.00. The highest BCUT2D eigenvalue weighted by Crippen LogP contribution is 2.35. The molecular formula is C18H16BrClN2O2. The minimum Gasteiger partial charge on any atom is -0.489 e. The molecule has 0 spiro atoms. The Morgan fingerprint density at radius 2 is 2.08 bits per heavy atom. The Morgan fingerprint density at radius 1 is 1.25 bits per heavy atom. The fraction of sp³-hybridized carbons (Fsp3) is 0.167. The Bertz CT molecular complexity index is 772. The Morgan fingerprint density at radius 3 is 2.79 bits per heavy atom. The summed E-state index contributed by atoms with van der Waals surface area (Å²) in [4.78, 5) is 0. The number of allylic oxidation sites excluding steroid dienone is 1. The van der Waals surface area contributed by atoms with E-state index in [9.17, 15) is 0 Å². The van der Waals surface area contributed by atoms with Crippen molar-refractivity contribution in [2.24, 2.45) is 0 Å². The maximum atomic E-state index is 8.64. The number of halogens is 2. The largest absolute Gasteiger partial charge is 0.489 e. The first kappa shape index (κ1) is 18.2. The van der Waals surface area contributed by atoms with Crippen LogP contribution in [0.3, 0.4) is 0 Å². The highest BCUT2D eigenvalue weighted by molar-refractivity contribution is 9.09. The van der Waals surface area contributed by atoms with Crippen molar-refractivity contribution in [3.8, 4) is 23.3 Å². The first-order chi connectivity index (χ1) is 11.7. The second-order valence-electron chi connectivity index (χ2n) is 4.73. The molecule has 0 atom stereocenters. The van der Waals surface area contributed by atoms with E-state index in [1.165, 1.54) is 6.08 Å². The van der Waals surface area contributed by atoms with Crippen molar-refractivity contribution in [3.05, 3.63) is 53.1 Å². The first-order valence-electron chi connectivity index (χ1n) is 7.21. The molecule has 0 aliphatic carbocycles. The van der Waals surface area contributed by atoms with Crippen LogP contribution in [-0.2, 0) is 0 Å². The molecule has 0 unspecified atom stereocenters. The number of rotatable bonds is 7. The van der Waals surface area contributed by atoms with Crippen LogP contribution in [0.1, 0.15) is 5.56 Å². The lowest BCUT2D eigenvalue weighted by atomic mass is 10.2. The second kappa shape index (κ2) is 9.21. The molecular weight excluding hydrogens is 392 g/mol. The van der Waals surface area contributed by atoms with Crippen LogP contribution in [0.5, 0.6) is 17.2 Å². The molecule has 0 heterocycles. The summed E-state index contributed by atoms with van der Waals surface area (Å²) in [5.41, 5.74) is 1.71. The molecule has 0 bridgehead atoms. The molecule has 0 saturated heterocycles. The van der Waals surface area contributed by atoms with E-state index in [-0.39, 0.29) is 0 Å². The smallest absolute Gasteiger partial charge is 0.169 e. The predicted molar refractivity (Wildman–Crippen MR) is 101 cm³/mol. The lowest BCUT2D eigenvalue weighted by Gasteiger charge is -2.14. The maximum Gasteiger partial charge on any atom is 0.169 e. The summed E-state index contributed by atoms with van der Waals surface area (Å²) in [6, 6.07) is 12.8. The van der Waals surface area contributed by atoms with Gasteiger partial charge < -0.3 is 14.8 Å². The van der Waals surface area contributed by atoms with Crippen LogP contribution in [0.4, 0.5) is 5.69 Å². The topological polar surface area (TPSA) is 54.3 Å². The number of anilines is 1. The van der Waals surface area contributed by atoms with Crippen LogP contribution in [0.25, 0.3) is 6.08 Å². The second-order valence-corrected chi connectivity index (χ2v) is 5.96. The zero-order chi connectivity index (χ0) is 17.4. The van der Waals surface area contributed by atoms with E-state index in [2.05, 4.69) is 21.2 Å². The average molecular weight is 408 g/mol. The van der Waals surface area contributed by atoms with E-state index >= 15 is 0 Å². The Kier molecular flexibility index (Phi) is 6.98. The molecule has 0 amide bonds. The van der Waals surface area contributed by atoms with E-state index in [4.69, 9.17) is 26.3 Å². The normalized spacial score (nSPS) is 10.4. The van der Waals surface area contributed by atoms with Gasteiger partial charge in [0.25, 0.3) is 0 Å². The number of hydrogen-bond donors (Lipinski definition) is 1. The molecule has 2 rings (SSSR count). The van der Waals surface area contributed by atoms with Gasteiger partial charge >= 0.3 is 0 Å². The van der Waals surface area contributed by atoms with Crippen LogP contribution >= 0.6 is 27.5 Å². The van der Waals surface area contributed by atoms with E-state index in [1.54, 1.807) is 24.3 Å². The van der Waals surface area contributed by atoms with Crippen LogP contribution in [0.2, 0.25) is 5.02 Å². The molecule has 0 aromatic heterocycles. The Balaban J connectivity index is 2.31. The molecule has 0 radical (unpaired) electrons. The molecule has 4 nitrogen and oxygen atoms in total. The van der Waals surface area contributed by atoms with Crippen molar-refractivity contribution in [3.63, 3.8) is 0 Å². The number of ether oxygens (including phenoxy) is 2. The summed E-state index contributed by atoms with van der Waals surface area (Å²) >= 11 is 9.47.